The summed E-state index contributed by atoms with van der Waals surface area (Å²) in [5.41, 5.74) is 0.629. The molecule has 0 fully saturated rings. The first-order chi connectivity index (χ1) is 8.66. The lowest BCUT2D eigenvalue weighted by Crippen LogP contribution is -2.11. The van der Waals surface area contributed by atoms with Gasteiger partial charge in [-0.15, -0.1) is 5.10 Å². The van der Waals surface area contributed by atoms with Crippen molar-refractivity contribution in [2.75, 3.05) is 11.9 Å². The third-order valence-electron chi connectivity index (χ3n) is 2.29. The van der Waals surface area contributed by atoms with E-state index in [1.807, 2.05) is 0 Å². The second-order valence-electron chi connectivity index (χ2n) is 3.51. The fraction of sp³-hybridized carbons (Fsp3) is 0.200. The van der Waals surface area contributed by atoms with Crippen LogP contribution in [-0.4, -0.2) is 26.5 Å². The zero-order valence-electron chi connectivity index (χ0n) is 9.28. The fourth-order valence-corrected chi connectivity index (χ4v) is 1.66. The molecule has 1 N–H and O–H groups in total. The van der Waals surface area contributed by atoms with Crippen LogP contribution in [0.3, 0.4) is 0 Å². The van der Waals surface area contributed by atoms with Crippen LogP contribution in [0.25, 0.3) is 0 Å². The lowest BCUT2D eigenvalue weighted by molar-refractivity contribution is -0.384. The molecule has 1 aromatic heterocycles. The van der Waals surface area contributed by atoms with Crippen LogP contribution in [0, 0.1) is 10.1 Å². The highest BCUT2D eigenvalue weighted by Gasteiger charge is 2.08. The summed E-state index contributed by atoms with van der Waals surface area (Å²) < 4.78 is 1.67. The largest absolute Gasteiger partial charge is 0.382 e. The Labute approximate surface area is 108 Å². The highest BCUT2D eigenvalue weighted by molar-refractivity contribution is 6.33. The van der Waals surface area contributed by atoms with E-state index in [1.54, 1.807) is 23.1 Å². The number of benzene rings is 1. The van der Waals surface area contributed by atoms with E-state index in [4.69, 9.17) is 11.6 Å². The molecule has 0 radical (unpaired) electrons. The van der Waals surface area contributed by atoms with Crippen molar-refractivity contribution in [3.8, 4) is 0 Å². The summed E-state index contributed by atoms with van der Waals surface area (Å²) in [7, 11) is 0. The van der Waals surface area contributed by atoms with Crippen molar-refractivity contribution in [2.24, 2.45) is 0 Å². The van der Waals surface area contributed by atoms with Crippen LogP contribution in [0.15, 0.2) is 30.6 Å². The van der Waals surface area contributed by atoms with Crippen LogP contribution in [0.4, 0.5) is 11.4 Å². The standard InChI is InChI=1S/C10H10ClN5O2/c11-9-7-8(16(17)18)1-2-10(9)12-3-5-15-6-4-13-14-15/h1-2,4,6-7,12H,3,5H2. The van der Waals surface area contributed by atoms with Crippen LogP contribution in [0.5, 0.6) is 0 Å². The summed E-state index contributed by atoms with van der Waals surface area (Å²) in [4.78, 5) is 10.1. The molecule has 0 amide bonds. The minimum absolute atomic E-state index is 0.0261. The number of non-ortho nitro benzene ring substituents is 1. The number of hydrogen-bond acceptors (Lipinski definition) is 5. The molecule has 0 aliphatic rings. The normalized spacial score (nSPS) is 10.3. The van der Waals surface area contributed by atoms with Crippen molar-refractivity contribution in [2.45, 2.75) is 6.54 Å². The first-order valence-electron chi connectivity index (χ1n) is 5.19. The Hall–Kier alpha value is -2.15. The summed E-state index contributed by atoms with van der Waals surface area (Å²) in [5.74, 6) is 0. The van der Waals surface area contributed by atoms with Crippen molar-refractivity contribution in [3.63, 3.8) is 0 Å². The van der Waals surface area contributed by atoms with Gasteiger partial charge in [0.1, 0.15) is 0 Å². The Kier molecular flexibility index (Phi) is 3.73. The Bertz CT molecular complexity index is 543. The number of aromatic nitrogens is 3. The van der Waals surface area contributed by atoms with Crippen molar-refractivity contribution in [1.82, 2.24) is 15.0 Å². The highest BCUT2D eigenvalue weighted by Crippen LogP contribution is 2.26. The second kappa shape index (κ2) is 5.46. The molecule has 1 aromatic carbocycles. The summed E-state index contributed by atoms with van der Waals surface area (Å²) >= 11 is 5.93. The number of nitrogens with one attached hydrogen (secondary N) is 1. The molecule has 94 valence electrons. The Morgan fingerprint density at radius 3 is 2.94 bits per heavy atom. The van der Waals surface area contributed by atoms with Crippen molar-refractivity contribution in [3.05, 3.63) is 45.7 Å². The average Bonchev–Trinajstić information content (AvgIpc) is 2.84. The lowest BCUT2D eigenvalue weighted by Gasteiger charge is -2.07. The summed E-state index contributed by atoms with van der Waals surface area (Å²) in [6.07, 6.45) is 3.35. The SMILES string of the molecule is O=[N+]([O-])c1ccc(NCCn2ccnn2)c(Cl)c1. The lowest BCUT2D eigenvalue weighted by atomic mass is 10.3. The van der Waals surface area contributed by atoms with Gasteiger partial charge in [-0.05, 0) is 6.07 Å². The molecule has 0 unspecified atom stereocenters. The monoisotopic (exact) mass is 267 g/mol. The number of nitro groups is 1. The molecule has 1 heterocycles. The van der Waals surface area contributed by atoms with E-state index in [0.29, 0.717) is 23.8 Å². The van der Waals surface area contributed by atoms with Gasteiger partial charge in [0.15, 0.2) is 0 Å². The molecule has 2 rings (SSSR count). The number of rotatable bonds is 5. The van der Waals surface area contributed by atoms with Gasteiger partial charge in [-0.3, -0.25) is 14.8 Å². The Morgan fingerprint density at radius 1 is 1.50 bits per heavy atom. The van der Waals surface area contributed by atoms with E-state index in [9.17, 15) is 10.1 Å². The zero-order chi connectivity index (χ0) is 13.0. The van der Waals surface area contributed by atoms with Crippen molar-refractivity contribution >= 4 is 23.0 Å². The molecule has 2 aromatic rings. The van der Waals surface area contributed by atoms with Gasteiger partial charge in [-0.1, -0.05) is 16.8 Å². The maximum Gasteiger partial charge on any atom is 0.271 e. The molecule has 18 heavy (non-hydrogen) atoms. The topological polar surface area (TPSA) is 85.9 Å². The van der Waals surface area contributed by atoms with Crippen LogP contribution < -0.4 is 5.32 Å². The van der Waals surface area contributed by atoms with Crippen LogP contribution in [0.2, 0.25) is 5.02 Å². The molecule has 0 aliphatic carbocycles. The predicted octanol–water partition coefficient (Wildman–Crippen LogP) is 1.95. The second-order valence-corrected chi connectivity index (χ2v) is 3.92. The van der Waals surface area contributed by atoms with Crippen molar-refractivity contribution < 1.29 is 4.92 Å². The van der Waals surface area contributed by atoms with Gasteiger partial charge in [0, 0.05) is 24.9 Å². The van der Waals surface area contributed by atoms with Crippen LogP contribution in [0.1, 0.15) is 0 Å². The maximum atomic E-state index is 10.5. The molecule has 8 heteroatoms. The van der Waals surface area contributed by atoms with E-state index < -0.39 is 4.92 Å². The Morgan fingerprint density at radius 2 is 2.33 bits per heavy atom. The maximum absolute atomic E-state index is 10.5. The molecule has 0 spiro atoms. The van der Waals surface area contributed by atoms with Gasteiger partial charge in [0.05, 0.1) is 28.4 Å². The number of hydrogen-bond donors (Lipinski definition) is 1. The van der Waals surface area contributed by atoms with Gasteiger partial charge in [-0.2, -0.15) is 0 Å². The molecule has 0 saturated heterocycles. The van der Waals surface area contributed by atoms with E-state index in [1.165, 1.54) is 12.1 Å². The molecule has 0 saturated carbocycles. The fourth-order valence-electron chi connectivity index (χ4n) is 1.42. The molecular formula is C10H10ClN5O2. The average molecular weight is 268 g/mol. The number of halogens is 1. The molecular weight excluding hydrogens is 258 g/mol. The zero-order valence-corrected chi connectivity index (χ0v) is 10.0. The first kappa shape index (κ1) is 12.3. The molecule has 7 nitrogen and oxygen atoms in total. The van der Waals surface area contributed by atoms with Crippen LogP contribution >= 0.6 is 11.6 Å². The minimum atomic E-state index is -0.481. The van der Waals surface area contributed by atoms with Crippen molar-refractivity contribution in [1.29, 1.82) is 0 Å². The minimum Gasteiger partial charge on any atom is -0.382 e. The molecule has 0 aliphatic heterocycles. The van der Waals surface area contributed by atoms with E-state index >= 15 is 0 Å². The van der Waals surface area contributed by atoms with Gasteiger partial charge >= 0.3 is 0 Å². The van der Waals surface area contributed by atoms with Gasteiger partial charge < -0.3 is 5.32 Å². The van der Waals surface area contributed by atoms with Crippen LogP contribution in [-0.2, 0) is 6.54 Å². The smallest absolute Gasteiger partial charge is 0.271 e. The summed E-state index contributed by atoms with van der Waals surface area (Å²) in [5, 5.41) is 21.4. The highest BCUT2D eigenvalue weighted by atomic mass is 35.5. The number of nitro benzene ring substituents is 1. The molecule has 0 bridgehead atoms. The first-order valence-corrected chi connectivity index (χ1v) is 5.56. The predicted molar refractivity (Wildman–Crippen MR) is 66.6 cm³/mol. The van der Waals surface area contributed by atoms with Gasteiger partial charge in [0.25, 0.3) is 5.69 Å². The molecule has 0 atom stereocenters. The van der Waals surface area contributed by atoms with E-state index in [-0.39, 0.29) is 5.69 Å². The summed E-state index contributed by atoms with van der Waals surface area (Å²) in [6, 6.07) is 4.31. The number of anilines is 1. The Balaban J connectivity index is 1.95. The van der Waals surface area contributed by atoms with E-state index in [0.717, 1.165) is 0 Å². The van der Waals surface area contributed by atoms with Gasteiger partial charge in [0.2, 0.25) is 0 Å². The quantitative estimate of drug-likeness (QED) is 0.661. The third-order valence-corrected chi connectivity index (χ3v) is 2.60. The summed E-state index contributed by atoms with van der Waals surface area (Å²) in [6.45, 7) is 1.23. The third kappa shape index (κ3) is 2.95. The number of nitrogens with zero attached hydrogens (tertiary/aromatic N) is 4. The van der Waals surface area contributed by atoms with Gasteiger partial charge in [-0.25, -0.2) is 0 Å². The van der Waals surface area contributed by atoms with E-state index in [2.05, 4.69) is 15.6 Å².